The summed E-state index contributed by atoms with van der Waals surface area (Å²) in [6.07, 6.45) is 20.6. The predicted octanol–water partition coefficient (Wildman–Crippen LogP) is 8.55. The molecule has 1 aromatic carbocycles. The first kappa shape index (κ1) is 42.8. The molecule has 2 fully saturated rings. The number of hydrogen-bond donors (Lipinski definition) is 7. The molecule has 0 aliphatic heterocycles. The van der Waals surface area contributed by atoms with E-state index in [9.17, 15) is 20.4 Å². The summed E-state index contributed by atoms with van der Waals surface area (Å²) in [6.45, 7) is 6.23. The van der Waals surface area contributed by atoms with Crippen LogP contribution in [0.1, 0.15) is 162 Å². The molecule has 0 saturated heterocycles. The topological polar surface area (TPSA) is 157 Å². The number of aromatic amines is 1. The lowest BCUT2D eigenvalue weighted by molar-refractivity contribution is 0.101. The number of aromatic hydroxyl groups is 1. The van der Waals surface area contributed by atoms with Gasteiger partial charge in [0.1, 0.15) is 24.2 Å². The van der Waals surface area contributed by atoms with E-state index < -0.39 is 12.2 Å². The van der Waals surface area contributed by atoms with Crippen LogP contribution in [0.4, 0.5) is 0 Å². The number of hydrogen-bond acceptors (Lipinski definition) is 8. The largest absolute Gasteiger partial charge is 0.504 e. The van der Waals surface area contributed by atoms with E-state index >= 15 is 0 Å². The van der Waals surface area contributed by atoms with Crippen LogP contribution in [0, 0.1) is 23.2 Å². The number of phenolic OH excluding ortho intramolecular Hbond substituents is 1. The number of aromatic nitrogens is 1. The van der Waals surface area contributed by atoms with Gasteiger partial charge in [0.25, 0.3) is 0 Å². The summed E-state index contributed by atoms with van der Waals surface area (Å²) >= 11 is 0. The molecule has 9 heteroatoms. The van der Waals surface area contributed by atoms with E-state index in [4.69, 9.17) is 14.9 Å². The van der Waals surface area contributed by atoms with Crippen LogP contribution in [0.2, 0.25) is 0 Å². The molecule has 3 aliphatic carbocycles. The molecule has 2 heterocycles. The van der Waals surface area contributed by atoms with Crippen LogP contribution in [0.5, 0.6) is 11.5 Å². The average Bonchev–Trinajstić information content (AvgIpc) is 4.01. The van der Waals surface area contributed by atoms with Crippen molar-refractivity contribution in [3.8, 4) is 11.5 Å². The maximum atomic E-state index is 11.5. The average molecular weight is 776 g/mol. The van der Waals surface area contributed by atoms with Gasteiger partial charge in [0, 0.05) is 48.8 Å². The summed E-state index contributed by atoms with van der Waals surface area (Å²) in [5.74, 6) is 4.53. The van der Waals surface area contributed by atoms with Gasteiger partial charge in [-0.3, -0.25) is 0 Å². The van der Waals surface area contributed by atoms with Gasteiger partial charge in [0.15, 0.2) is 11.5 Å². The lowest BCUT2D eigenvalue weighted by Crippen LogP contribution is -2.36. The number of benzene rings is 1. The number of nitrogens with two attached hydrogens (primary N) is 1. The van der Waals surface area contributed by atoms with Crippen molar-refractivity contribution in [3.05, 3.63) is 69.9 Å². The van der Waals surface area contributed by atoms with Gasteiger partial charge in [-0.1, -0.05) is 70.8 Å². The molecule has 0 radical (unpaired) electrons. The summed E-state index contributed by atoms with van der Waals surface area (Å²) in [5.41, 5.74) is 11.5. The van der Waals surface area contributed by atoms with Crippen molar-refractivity contribution in [2.75, 3.05) is 26.2 Å². The predicted molar refractivity (Wildman–Crippen MR) is 223 cm³/mol. The van der Waals surface area contributed by atoms with Crippen molar-refractivity contribution in [2.24, 2.45) is 28.9 Å². The first-order chi connectivity index (χ1) is 27.2. The summed E-state index contributed by atoms with van der Waals surface area (Å²) in [5, 5.41) is 45.8. The lowest BCUT2D eigenvalue weighted by atomic mass is 9.66. The van der Waals surface area contributed by atoms with Crippen LogP contribution in [-0.2, 0) is 32.3 Å². The molecule has 2 aromatic heterocycles. The Morgan fingerprint density at radius 3 is 2.54 bits per heavy atom. The zero-order valence-electron chi connectivity index (χ0n) is 34.5. The first-order valence-corrected chi connectivity index (χ1v) is 22.4. The maximum Gasteiger partial charge on any atom is 0.161 e. The molecule has 6 rings (SSSR count). The van der Waals surface area contributed by atoms with E-state index in [1.807, 2.05) is 25.1 Å². The van der Waals surface area contributed by atoms with E-state index in [2.05, 4.69) is 23.3 Å². The molecule has 3 aliphatic rings. The zero-order valence-corrected chi connectivity index (χ0v) is 34.5. The third kappa shape index (κ3) is 10.8. The number of aliphatic hydroxyl groups is 3. The summed E-state index contributed by atoms with van der Waals surface area (Å²) < 4.78 is 12.4. The fraction of sp³-hybridized carbons (Fsp3) is 0.702. The highest BCUT2D eigenvalue weighted by Crippen LogP contribution is 2.60. The number of furan rings is 1. The first-order valence-electron chi connectivity index (χ1n) is 22.4. The van der Waals surface area contributed by atoms with Gasteiger partial charge in [-0.05, 0) is 123 Å². The van der Waals surface area contributed by atoms with E-state index in [-0.39, 0.29) is 19.0 Å². The van der Waals surface area contributed by atoms with E-state index in [1.165, 1.54) is 88.3 Å². The number of ether oxygens (including phenoxy) is 1. The van der Waals surface area contributed by atoms with Crippen molar-refractivity contribution in [3.63, 3.8) is 0 Å². The van der Waals surface area contributed by atoms with Crippen LogP contribution in [0.15, 0.2) is 34.7 Å². The quantitative estimate of drug-likeness (QED) is 0.0473. The van der Waals surface area contributed by atoms with Gasteiger partial charge in [-0.2, -0.15) is 0 Å². The van der Waals surface area contributed by atoms with Gasteiger partial charge in [0.05, 0.1) is 12.7 Å². The van der Waals surface area contributed by atoms with Crippen molar-refractivity contribution in [1.29, 1.82) is 0 Å². The number of aryl methyl sites for hydroxylation is 3. The monoisotopic (exact) mass is 776 g/mol. The van der Waals surface area contributed by atoms with Crippen LogP contribution in [-0.4, -0.2) is 57.8 Å². The molecule has 0 amide bonds. The van der Waals surface area contributed by atoms with Gasteiger partial charge in [0.2, 0.25) is 0 Å². The second kappa shape index (κ2) is 20.7. The van der Waals surface area contributed by atoms with Gasteiger partial charge < -0.3 is 45.6 Å². The number of H-pyrrole nitrogens is 1. The minimum Gasteiger partial charge on any atom is -0.504 e. The van der Waals surface area contributed by atoms with Crippen molar-refractivity contribution >= 4 is 0 Å². The Morgan fingerprint density at radius 2 is 1.79 bits per heavy atom. The third-order valence-electron chi connectivity index (χ3n) is 13.8. The Balaban J connectivity index is 1.05. The Bertz CT molecular complexity index is 1630. The van der Waals surface area contributed by atoms with Crippen LogP contribution in [0.3, 0.4) is 0 Å². The molecular weight excluding hydrogens is 703 g/mol. The number of fused-ring (bicyclic) bond motifs is 3. The molecule has 56 heavy (non-hydrogen) atoms. The highest BCUT2D eigenvalue weighted by Gasteiger charge is 2.51. The fourth-order valence-electron chi connectivity index (χ4n) is 10.9. The molecule has 8 N–H and O–H groups in total. The van der Waals surface area contributed by atoms with Crippen molar-refractivity contribution in [1.82, 2.24) is 10.3 Å². The lowest BCUT2D eigenvalue weighted by Gasteiger charge is -2.39. The highest BCUT2D eigenvalue weighted by molar-refractivity contribution is 5.42. The minimum atomic E-state index is -0.874. The van der Waals surface area contributed by atoms with Gasteiger partial charge in [-0.25, -0.2) is 0 Å². The molecular formula is C47H73N3O6. The standard InChI is InChI=1S/C47H73N3O6/c1-3-4-5-11-33(20-23-48)12-6-7-15-45-35(30-51)25-36(56-45)18-16-34-17-19-43(53)46(24-34)55-31-44(54)41-26-38-39(29-49-28-32(2)52)37-13-10-14-40(37)47(21-8-9-22-47)27-42(38)50-41/h17,19,24-26,32-33,37,39-40,44,49-54H,3-16,18,20-23,27-31,48H2,1-2H3/t32-,33-,37-,39-,40-,44-/m0/s1. The van der Waals surface area contributed by atoms with Crippen molar-refractivity contribution in [2.45, 2.75) is 161 Å². The summed E-state index contributed by atoms with van der Waals surface area (Å²) in [4.78, 5) is 3.69. The maximum absolute atomic E-state index is 11.5. The molecule has 312 valence electrons. The molecule has 9 nitrogen and oxygen atoms in total. The van der Waals surface area contributed by atoms with Crippen LogP contribution in [0.25, 0.3) is 0 Å². The van der Waals surface area contributed by atoms with E-state index in [1.54, 1.807) is 6.07 Å². The molecule has 0 unspecified atom stereocenters. The summed E-state index contributed by atoms with van der Waals surface area (Å²) in [6, 6.07) is 9.58. The Morgan fingerprint density at radius 1 is 0.982 bits per heavy atom. The molecule has 6 atom stereocenters. The Kier molecular flexibility index (Phi) is 15.8. The second-order valence-corrected chi connectivity index (χ2v) is 17.9. The normalized spacial score (nSPS) is 21.9. The second-order valence-electron chi connectivity index (χ2n) is 17.9. The molecule has 1 spiro atoms. The third-order valence-corrected chi connectivity index (χ3v) is 13.8. The number of phenols is 1. The van der Waals surface area contributed by atoms with E-state index in [0.29, 0.717) is 48.3 Å². The molecule has 0 bridgehead atoms. The highest BCUT2D eigenvalue weighted by atomic mass is 16.5. The minimum absolute atomic E-state index is 0.0195. The fourth-order valence-corrected chi connectivity index (χ4v) is 10.9. The Labute approximate surface area is 336 Å². The number of rotatable bonds is 23. The molecule has 2 saturated carbocycles. The van der Waals surface area contributed by atoms with Crippen LogP contribution < -0.4 is 15.8 Å². The molecule has 3 aromatic rings. The SMILES string of the molecule is CCCCC[C@H](CCN)CCCCc1oc(CCc2ccc(O)c(OC[C@H](O)c3cc4c([nH]3)CC3(CCCC3)[C@H]3CCC[C@H]3[C@@H]4CNC[C@H](C)O)c2)cc1CO. The Hall–Kier alpha value is -2.82. The number of aliphatic hydroxyl groups excluding tert-OH is 3. The number of nitrogens with one attached hydrogen (secondary N) is 2. The summed E-state index contributed by atoms with van der Waals surface area (Å²) in [7, 11) is 0. The van der Waals surface area contributed by atoms with E-state index in [0.717, 1.165) is 79.5 Å². The van der Waals surface area contributed by atoms with Gasteiger partial charge in [-0.15, -0.1) is 0 Å². The zero-order chi connectivity index (χ0) is 39.5. The smallest absolute Gasteiger partial charge is 0.161 e. The van der Waals surface area contributed by atoms with Crippen LogP contribution >= 0.6 is 0 Å². The van der Waals surface area contributed by atoms with Crippen molar-refractivity contribution < 1.29 is 29.6 Å². The van der Waals surface area contributed by atoms with Gasteiger partial charge >= 0.3 is 0 Å². The number of unbranched alkanes of at least 4 members (excludes halogenated alkanes) is 3.